The number of hydrogen-bond donors (Lipinski definition) is 1. The zero-order valence-corrected chi connectivity index (χ0v) is 17.1. The molecule has 7 nitrogen and oxygen atoms in total. The van der Waals surface area contributed by atoms with Crippen LogP contribution in [0.3, 0.4) is 0 Å². The number of esters is 1. The van der Waals surface area contributed by atoms with E-state index in [4.69, 9.17) is 4.74 Å². The van der Waals surface area contributed by atoms with Gasteiger partial charge in [-0.2, -0.15) is 0 Å². The molecule has 0 saturated carbocycles. The van der Waals surface area contributed by atoms with E-state index in [-0.39, 0.29) is 18.0 Å². The fourth-order valence-corrected chi connectivity index (χ4v) is 3.85. The zero-order chi connectivity index (χ0) is 21.9. The van der Waals surface area contributed by atoms with Crippen molar-refractivity contribution in [3.63, 3.8) is 0 Å². The first kappa shape index (κ1) is 19.7. The quantitative estimate of drug-likeness (QED) is 0.494. The fraction of sp³-hybridized carbons (Fsp3) is 0.120. The maximum Gasteiger partial charge on any atom is 0.339 e. The predicted octanol–water partition coefficient (Wildman–Crippen LogP) is 3.65. The number of carbonyl (C=O) groups is 2. The lowest BCUT2D eigenvalue weighted by Crippen LogP contribution is -2.26. The molecule has 5 rings (SSSR count). The van der Waals surface area contributed by atoms with Gasteiger partial charge in [0.15, 0.2) is 0 Å². The Balaban J connectivity index is 1.34. The van der Waals surface area contributed by atoms with Crippen LogP contribution >= 0.6 is 0 Å². The van der Waals surface area contributed by atoms with Gasteiger partial charge in [0.05, 0.1) is 5.56 Å². The van der Waals surface area contributed by atoms with Gasteiger partial charge in [0.2, 0.25) is 0 Å². The third kappa shape index (κ3) is 3.88. The number of pyridine rings is 1. The Morgan fingerprint density at radius 1 is 1.09 bits per heavy atom. The first-order valence-corrected chi connectivity index (χ1v) is 10.3. The first-order chi connectivity index (χ1) is 15.7. The van der Waals surface area contributed by atoms with Gasteiger partial charge in [0, 0.05) is 42.7 Å². The number of fused-ring (bicyclic) bond motifs is 1. The summed E-state index contributed by atoms with van der Waals surface area (Å²) in [6.45, 7) is 0.311. The van der Waals surface area contributed by atoms with Crippen molar-refractivity contribution in [1.29, 1.82) is 0 Å². The molecule has 1 aliphatic rings. The number of nitrogens with zero attached hydrogens (tertiary/aromatic N) is 3. The molecule has 1 N–H and O–H groups in total. The molecule has 0 bridgehead atoms. The summed E-state index contributed by atoms with van der Waals surface area (Å²) >= 11 is 0. The zero-order valence-electron chi connectivity index (χ0n) is 17.1. The average molecular weight is 424 g/mol. The van der Waals surface area contributed by atoms with E-state index in [1.54, 1.807) is 47.7 Å². The maximum absolute atomic E-state index is 12.9. The molecule has 3 heterocycles. The number of ether oxygens (including phenoxy) is 1. The number of hydrogen-bond acceptors (Lipinski definition) is 5. The summed E-state index contributed by atoms with van der Waals surface area (Å²) in [6, 6.07) is 18.5. The Hall–Kier alpha value is -4.26. The van der Waals surface area contributed by atoms with E-state index in [1.807, 2.05) is 42.5 Å². The summed E-state index contributed by atoms with van der Waals surface area (Å²) in [5.74, 6) is 0.125. The van der Waals surface area contributed by atoms with Crippen LogP contribution in [0.25, 0.3) is 5.82 Å². The second-order valence-corrected chi connectivity index (χ2v) is 7.52. The minimum Gasteiger partial charge on any atom is -0.454 e. The largest absolute Gasteiger partial charge is 0.454 e. The SMILES string of the molecule is O=C(NCc1cccnc1-n1ccnc1)c1ccc2c(c1)C[C@@H](c1ccccc1)OC2=O. The summed E-state index contributed by atoms with van der Waals surface area (Å²) < 4.78 is 7.40. The monoisotopic (exact) mass is 424 g/mol. The van der Waals surface area contributed by atoms with Gasteiger partial charge in [0.25, 0.3) is 5.91 Å². The maximum atomic E-state index is 12.9. The van der Waals surface area contributed by atoms with Crippen molar-refractivity contribution in [2.45, 2.75) is 19.1 Å². The van der Waals surface area contributed by atoms with Crippen molar-refractivity contribution in [1.82, 2.24) is 19.9 Å². The molecule has 0 saturated heterocycles. The number of carbonyl (C=O) groups excluding carboxylic acids is 2. The molecule has 4 aromatic rings. The van der Waals surface area contributed by atoms with Gasteiger partial charge < -0.3 is 10.1 Å². The smallest absolute Gasteiger partial charge is 0.339 e. The molecule has 0 radical (unpaired) electrons. The van der Waals surface area contributed by atoms with Gasteiger partial charge >= 0.3 is 5.97 Å². The molecular formula is C25H20N4O3. The Labute approximate surface area is 184 Å². The van der Waals surface area contributed by atoms with Crippen LogP contribution in [-0.2, 0) is 17.7 Å². The first-order valence-electron chi connectivity index (χ1n) is 10.3. The molecule has 32 heavy (non-hydrogen) atoms. The number of aromatic nitrogens is 3. The van der Waals surface area contributed by atoms with Crippen molar-refractivity contribution < 1.29 is 14.3 Å². The highest BCUT2D eigenvalue weighted by atomic mass is 16.5. The average Bonchev–Trinajstić information content (AvgIpc) is 3.38. The molecule has 0 unspecified atom stereocenters. The lowest BCUT2D eigenvalue weighted by atomic mass is 9.93. The Kier molecular flexibility index (Phi) is 5.21. The molecule has 0 spiro atoms. The standard InChI is InChI=1S/C25H20N4O3/c30-24(28-15-19-7-4-10-27-23(19)29-12-11-26-16-29)18-8-9-21-20(13-18)14-22(32-25(21)31)17-5-2-1-3-6-17/h1-13,16,22H,14-15H2,(H,28,30)/t22-/m0/s1. The molecule has 158 valence electrons. The molecule has 2 aromatic carbocycles. The van der Waals surface area contributed by atoms with Gasteiger partial charge in [-0.15, -0.1) is 0 Å². The van der Waals surface area contributed by atoms with Crippen molar-refractivity contribution in [2.75, 3.05) is 0 Å². The molecular weight excluding hydrogens is 404 g/mol. The minimum absolute atomic E-state index is 0.219. The minimum atomic E-state index is -0.368. The summed E-state index contributed by atoms with van der Waals surface area (Å²) in [7, 11) is 0. The number of imidazole rings is 1. The van der Waals surface area contributed by atoms with E-state index in [1.165, 1.54) is 0 Å². The van der Waals surface area contributed by atoms with Crippen molar-refractivity contribution in [2.24, 2.45) is 0 Å². The van der Waals surface area contributed by atoms with Gasteiger partial charge in [-0.1, -0.05) is 36.4 Å². The molecule has 2 aromatic heterocycles. The topological polar surface area (TPSA) is 86.1 Å². The fourth-order valence-electron chi connectivity index (χ4n) is 3.85. The number of amides is 1. The predicted molar refractivity (Wildman–Crippen MR) is 117 cm³/mol. The lowest BCUT2D eigenvalue weighted by molar-refractivity contribution is 0.0252. The van der Waals surface area contributed by atoms with Crippen LogP contribution in [0.5, 0.6) is 0 Å². The van der Waals surface area contributed by atoms with Crippen LogP contribution < -0.4 is 5.32 Å². The highest BCUT2D eigenvalue weighted by Crippen LogP contribution is 2.31. The van der Waals surface area contributed by atoms with Crippen molar-refractivity contribution in [3.05, 3.63) is 113 Å². The Morgan fingerprint density at radius 3 is 2.78 bits per heavy atom. The van der Waals surface area contributed by atoms with Crippen LogP contribution in [-0.4, -0.2) is 26.4 Å². The number of nitrogens with one attached hydrogen (secondary N) is 1. The van der Waals surface area contributed by atoms with Gasteiger partial charge in [-0.05, 0) is 35.4 Å². The molecule has 1 aliphatic heterocycles. The molecule has 7 heteroatoms. The Morgan fingerprint density at radius 2 is 1.97 bits per heavy atom. The highest BCUT2D eigenvalue weighted by molar-refractivity contribution is 5.97. The Bertz CT molecular complexity index is 1270. The summed E-state index contributed by atoms with van der Waals surface area (Å²) in [5, 5.41) is 2.95. The van der Waals surface area contributed by atoms with Crippen LogP contribution in [0, 0.1) is 0 Å². The van der Waals surface area contributed by atoms with Crippen molar-refractivity contribution in [3.8, 4) is 5.82 Å². The number of benzene rings is 2. The molecule has 0 fully saturated rings. The van der Waals surface area contributed by atoms with Crippen LogP contribution in [0.1, 0.15) is 43.5 Å². The number of cyclic esters (lactones) is 1. The van der Waals surface area contributed by atoms with E-state index >= 15 is 0 Å². The van der Waals surface area contributed by atoms with E-state index in [0.717, 1.165) is 16.7 Å². The lowest BCUT2D eigenvalue weighted by Gasteiger charge is -2.25. The second-order valence-electron chi connectivity index (χ2n) is 7.52. The summed E-state index contributed by atoms with van der Waals surface area (Å²) in [5.41, 5.74) is 3.61. The number of rotatable bonds is 5. The van der Waals surface area contributed by atoms with Crippen molar-refractivity contribution >= 4 is 11.9 Å². The van der Waals surface area contributed by atoms with Gasteiger partial charge in [-0.25, -0.2) is 14.8 Å². The molecule has 1 amide bonds. The highest BCUT2D eigenvalue weighted by Gasteiger charge is 2.28. The van der Waals surface area contributed by atoms with Crippen LogP contribution in [0.2, 0.25) is 0 Å². The van der Waals surface area contributed by atoms with E-state index in [2.05, 4.69) is 15.3 Å². The third-order valence-corrected chi connectivity index (χ3v) is 5.47. The van der Waals surface area contributed by atoms with Gasteiger partial charge in [-0.3, -0.25) is 9.36 Å². The van der Waals surface area contributed by atoms with Crippen LogP contribution in [0.15, 0.2) is 85.6 Å². The van der Waals surface area contributed by atoms with Gasteiger partial charge in [0.1, 0.15) is 18.2 Å². The molecule has 1 atom stereocenters. The molecule has 0 aliphatic carbocycles. The summed E-state index contributed by atoms with van der Waals surface area (Å²) in [4.78, 5) is 33.8. The van der Waals surface area contributed by atoms with E-state index < -0.39 is 0 Å². The summed E-state index contributed by atoms with van der Waals surface area (Å²) in [6.07, 6.45) is 7.02. The third-order valence-electron chi connectivity index (χ3n) is 5.47. The van der Waals surface area contributed by atoms with Crippen LogP contribution in [0.4, 0.5) is 0 Å². The van der Waals surface area contributed by atoms with E-state index in [9.17, 15) is 9.59 Å². The normalized spacial score (nSPS) is 15.0. The van der Waals surface area contributed by atoms with E-state index in [0.29, 0.717) is 29.9 Å². The second kappa shape index (κ2) is 8.47.